The number of carbonyl (C=O) groups is 2. The van der Waals surface area contributed by atoms with Gasteiger partial charge in [-0.3, -0.25) is 14.5 Å². The predicted octanol–water partition coefficient (Wildman–Crippen LogP) is 2.36. The lowest BCUT2D eigenvalue weighted by Gasteiger charge is -2.03. The van der Waals surface area contributed by atoms with E-state index in [9.17, 15) is 9.59 Å². The van der Waals surface area contributed by atoms with Gasteiger partial charge in [-0.2, -0.15) is 0 Å². The Balaban J connectivity index is 2.14. The Morgan fingerprint density at radius 3 is 2.58 bits per heavy atom. The normalized spacial score (nSPS) is 16.8. The Kier molecular flexibility index (Phi) is 3.93. The molecule has 5 heteroatoms. The topological polar surface area (TPSA) is 46.6 Å². The zero-order valence-electron chi connectivity index (χ0n) is 10.3. The molecule has 1 saturated heterocycles. The molecular formula is C14H11NO3S. The van der Waals surface area contributed by atoms with Crippen molar-refractivity contribution in [1.29, 1.82) is 0 Å². The largest absolute Gasteiger partial charge is 0.481 e. The number of ether oxygens (including phenoxy) is 1. The summed E-state index contributed by atoms with van der Waals surface area (Å²) in [5.41, 5.74) is 0.826. The second-order valence-electron chi connectivity index (χ2n) is 3.80. The molecule has 1 fully saturated rings. The fourth-order valence-corrected chi connectivity index (χ4v) is 2.31. The fourth-order valence-electron chi connectivity index (χ4n) is 1.48. The summed E-state index contributed by atoms with van der Waals surface area (Å²) in [6, 6.07) is 7.13. The molecule has 0 aliphatic carbocycles. The summed E-state index contributed by atoms with van der Waals surface area (Å²) in [5.74, 6) is 2.77. The molecule has 2 rings (SSSR count). The smallest absolute Gasteiger partial charge is 0.293 e. The van der Waals surface area contributed by atoms with Crippen LogP contribution in [0, 0.1) is 12.3 Å². The van der Waals surface area contributed by atoms with Crippen LogP contribution in [0.1, 0.15) is 5.56 Å². The maximum absolute atomic E-state index is 11.7. The minimum Gasteiger partial charge on any atom is -0.481 e. The Bertz CT molecular complexity index is 584. The van der Waals surface area contributed by atoms with Crippen molar-refractivity contribution < 1.29 is 14.3 Å². The van der Waals surface area contributed by atoms with E-state index in [0.717, 1.165) is 22.2 Å². The van der Waals surface area contributed by atoms with E-state index in [-0.39, 0.29) is 17.8 Å². The Hall–Kier alpha value is -2.19. The number of hydrogen-bond acceptors (Lipinski definition) is 4. The van der Waals surface area contributed by atoms with Crippen molar-refractivity contribution in [2.75, 3.05) is 13.7 Å². The quantitative estimate of drug-likeness (QED) is 0.626. The van der Waals surface area contributed by atoms with Gasteiger partial charge in [-0.1, -0.05) is 18.1 Å². The van der Waals surface area contributed by atoms with Crippen molar-refractivity contribution in [2.24, 2.45) is 0 Å². The molecule has 2 amide bonds. The molecule has 1 aliphatic heterocycles. The molecule has 0 unspecified atom stereocenters. The highest BCUT2D eigenvalue weighted by molar-refractivity contribution is 8.18. The average Bonchev–Trinajstić information content (AvgIpc) is 2.66. The van der Waals surface area contributed by atoms with E-state index in [1.807, 2.05) is 0 Å². The zero-order valence-corrected chi connectivity index (χ0v) is 11.1. The third kappa shape index (κ3) is 2.98. The molecule has 0 atom stereocenters. The number of likely N-dealkylation sites (N-methyl/N-ethyl adjacent to an activating group) is 1. The summed E-state index contributed by atoms with van der Waals surface area (Å²) >= 11 is 0.935. The van der Waals surface area contributed by atoms with Gasteiger partial charge in [0.15, 0.2) is 0 Å². The van der Waals surface area contributed by atoms with Crippen LogP contribution in [0.4, 0.5) is 4.79 Å². The molecule has 1 aliphatic rings. The van der Waals surface area contributed by atoms with Crippen molar-refractivity contribution in [3.05, 3.63) is 34.7 Å². The molecule has 0 saturated carbocycles. The summed E-state index contributed by atoms with van der Waals surface area (Å²) in [7, 11) is 1.47. The number of imide groups is 1. The monoisotopic (exact) mass is 273 g/mol. The second kappa shape index (κ2) is 5.63. The zero-order chi connectivity index (χ0) is 13.8. The minimum absolute atomic E-state index is 0.216. The van der Waals surface area contributed by atoms with E-state index in [1.54, 1.807) is 30.3 Å². The third-order valence-corrected chi connectivity index (χ3v) is 3.45. The number of terminal acetylenes is 1. The second-order valence-corrected chi connectivity index (χ2v) is 4.80. The number of carbonyl (C=O) groups excluding carboxylic acids is 2. The Morgan fingerprint density at radius 1 is 1.37 bits per heavy atom. The van der Waals surface area contributed by atoms with Crippen molar-refractivity contribution in [3.63, 3.8) is 0 Å². The van der Waals surface area contributed by atoms with Crippen molar-refractivity contribution in [2.45, 2.75) is 0 Å². The average molecular weight is 273 g/mol. The molecule has 0 radical (unpaired) electrons. The highest BCUT2D eigenvalue weighted by Crippen LogP contribution is 2.31. The van der Waals surface area contributed by atoms with Gasteiger partial charge in [0.05, 0.1) is 4.91 Å². The fraction of sp³-hybridized carbons (Fsp3) is 0.143. The SMILES string of the molecule is C#CCOc1ccc(C=C2SC(=O)N(C)C2=O)cc1. The van der Waals surface area contributed by atoms with E-state index in [2.05, 4.69) is 5.92 Å². The van der Waals surface area contributed by atoms with Gasteiger partial charge in [-0.15, -0.1) is 6.42 Å². The first kappa shape index (κ1) is 13.2. The van der Waals surface area contributed by atoms with Crippen LogP contribution in [0.2, 0.25) is 0 Å². The van der Waals surface area contributed by atoms with Gasteiger partial charge >= 0.3 is 0 Å². The van der Waals surface area contributed by atoms with Gasteiger partial charge in [-0.05, 0) is 35.5 Å². The Labute approximate surface area is 115 Å². The number of amides is 2. The van der Waals surface area contributed by atoms with Crippen LogP contribution in [0.5, 0.6) is 5.75 Å². The van der Waals surface area contributed by atoms with Crippen LogP contribution in [-0.4, -0.2) is 29.7 Å². The summed E-state index contributed by atoms with van der Waals surface area (Å²) < 4.78 is 5.24. The first-order valence-corrected chi connectivity index (χ1v) is 6.31. The molecule has 4 nitrogen and oxygen atoms in total. The molecule has 1 aromatic rings. The summed E-state index contributed by atoms with van der Waals surface area (Å²) in [6.45, 7) is 0.216. The Morgan fingerprint density at radius 2 is 2.05 bits per heavy atom. The van der Waals surface area contributed by atoms with Gasteiger partial charge in [0.25, 0.3) is 11.1 Å². The third-order valence-electron chi connectivity index (χ3n) is 2.49. The van der Waals surface area contributed by atoms with E-state index >= 15 is 0 Å². The number of benzene rings is 1. The highest BCUT2D eigenvalue weighted by atomic mass is 32.2. The van der Waals surface area contributed by atoms with E-state index in [4.69, 9.17) is 11.2 Å². The molecule has 0 bridgehead atoms. The van der Waals surface area contributed by atoms with Crippen LogP contribution >= 0.6 is 11.8 Å². The standard InChI is InChI=1S/C14H11NO3S/c1-3-8-18-11-6-4-10(5-7-11)9-12-13(16)15(2)14(17)19-12/h1,4-7,9H,8H2,2H3. The van der Waals surface area contributed by atoms with Crippen LogP contribution in [0.25, 0.3) is 6.08 Å². The molecule has 0 aromatic heterocycles. The predicted molar refractivity (Wildman–Crippen MR) is 74.5 cm³/mol. The molecule has 19 heavy (non-hydrogen) atoms. The molecule has 0 N–H and O–H groups in total. The highest BCUT2D eigenvalue weighted by Gasteiger charge is 2.31. The first-order valence-electron chi connectivity index (χ1n) is 5.49. The van der Waals surface area contributed by atoms with Gasteiger partial charge in [0.1, 0.15) is 12.4 Å². The maximum Gasteiger partial charge on any atom is 0.293 e. The van der Waals surface area contributed by atoms with Crippen LogP contribution < -0.4 is 4.74 Å². The van der Waals surface area contributed by atoms with Crippen molar-refractivity contribution >= 4 is 29.0 Å². The number of rotatable bonds is 3. The molecule has 1 aromatic carbocycles. The lowest BCUT2D eigenvalue weighted by atomic mass is 10.2. The van der Waals surface area contributed by atoms with Crippen molar-refractivity contribution in [1.82, 2.24) is 4.90 Å². The van der Waals surface area contributed by atoms with Gasteiger partial charge < -0.3 is 4.74 Å². The van der Waals surface area contributed by atoms with Gasteiger partial charge in [-0.25, -0.2) is 0 Å². The number of nitrogens with zero attached hydrogens (tertiary/aromatic N) is 1. The van der Waals surface area contributed by atoms with Crippen LogP contribution in [0.3, 0.4) is 0 Å². The van der Waals surface area contributed by atoms with E-state index in [1.165, 1.54) is 7.05 Å². The maximum atomic E-state index is 11.7. The van der Waals surface area contributed by atoms with Gasteiger partial charge in [0, 0.05) is 7.05 Å². The lowest BCUT2D eigenvalue weighted by Crippen LogP contribution is -2.22. The molecule has 96 valence electrons. The number of thioether (sulfide) groups is 1. The summed E-state index contributed by atoms with van der Waals surface area (Å²) in [5, 5.41) is -0.259. The molecule has 0 spiro atoms. The van der Waals surface area contributed by atoms with Gasteiger partial charge in [0.2, 0.25) is 0 Å². The number of hydrogen-bond donors (Lipinski definition) is 0. The van der Waals surface area contributed by atoms with Crippen LogP contribution in [-0.2, 0) is 4.79 Å². The summed E-state index contributed by atoms with van der Waals surface area (Å²) in [4.78, 5) is 24.6. The minimum atomic E-state index is -0.275. The first-order chi connectivity index (χ1) is 9.11. The van der Waals surface area contributed by atoms with E-state index < -0.39 is 0 Å². The lowest BCUT2D eigenvalue weighted by molar-refractivity contribution is -0.121. The van der Waals surface area contributed by atoms with Crippen LogP contribution in [0.15, 0.2) is 29.2 Å². The molecule has 1 heterocycles. The van der Waals surface area contributed by atoms with E-state index in [0.29, 0.717) is 10.7 Å². The summed E-state index contributed by atoms with van der Waals surface area (Å²) in [6.07, 6.45) is 6.78. The molecular weight excluding hydrogens is 262 g/mol. The van der Waals surface area contributed by atoms with Crippen molar-refractivity contribution in [3.8, 4) is 18.1 Å².